The van der Waals surface area contributed by atoms with E-state index in [1.54, 1.807) is 0 Å². The van der Waals surface area contributed by atoms with Crippen molar-refractivity contribution >= 4 is 0 Å². The fraction of sp³-hybridized carbons (Fsp3) is 0.647. The Morgan fingerprint density at radius 1 is 1.17 bits per heavy atom. The standard InChI is InChI=1S/C17H26O/c1-12(18)14-7-6-13-8-9-16(2,3)11-17(4,5)15(13)10-14/h6-7,10,12,18H,8-9,11H2,1-5H3. The van der Waals surface area contributed by atoms with Gasteiger partial charge in [0.25, 0.3) is 0 Å². The third-order valence-electron chi connectivity index (χ3n) is 4.34. The van der Waals surface area contributed by atoms with Crippen molar-refractivity contribution in [1.82, 2.24) is 0 Å². The number of benzene rings is 1. The minimum absolute atomic E-state index is 0.195. The molecule has 1 aliphatic carbocycles. The van der Waals surface area contributed by atoms with Crippen LogP contribution in [0.25, 0.3) is 0 Å². The third-order valence-corrected chi connectivity index (χ3v) is 4.34. The monoisotopic (exact) mass is 246 g/mol. The molecule has 0 aliphatic heterocycles. The SMILES string of the molecule is CC(O)c1ccc2c(c1)C(C)(C)CC(C)(C)CC2. The number of hydrogen-bond donors (Lipinski definition) is 1. The second-order valence-corrected chi connectivity index (χ2v) is 7.32. The second-order valence-electron chi connectivity index (χ2n) is 7.32. The molecular weight excluding hydrogens is 220 g/mol. The summed E-state index contributed by atoms with van der Waals surface area (Å²) >= 11 is 0. The fourth-order valence-corrected chi connectivity index (χ4v) is 3.56. The highest BCUT2D eigenvalue weighted by molar-refractivity contribution is 5.39. The zero-order valence-electron chi connectivity index (χ0n) is 12.4. The number of aliphatic hydroxyl groups is 1. The molecule has 1 heteroatoms. The van der Waals surface area contributed by atoms with Crippen LogP contribution in [0.5, 0.6) is 0 Å². The van der Waals surface area contributed by atoms with E-state index < -0.39 is 0 Å². The lowest BCUT2D eigenvalue weighted by Crippen LogP contribution is -2.25. The molecule has 0 amide bonds. The smallest absolute Gasteiger partial charge is 0.0762 e. The number of rotatable bonds is 1. The Hall–Kier alpha value is -0.820. The number of fused-ring (bicyclic) bond motifs is 1. The molecule has 1 aromatic rings. The minimum Gasteiger partial charge on any atom is -0.389 e. The molecule has 0 spiro atoms. The predicted octanol–water partition coefficient (Wildman–Crippen LogP) is 4.38. The molecule has 1 aromatic carbocycles. The van der Waals surface area contributed by atoms with Crippen LogP contribution in [0.3, 0.4) is 0 Å². The van der Waals surface area contributed by atoms with Crippen LogP contribution >= 0.6 is 0 Å². The van der Waals surface area contributed by atoms with E-state index in [1.165, 1.54) is 24.0 Å². The summed E-state index contributed by atoms with van der Waals surface area (Å²) in [5.41, 5.74) is 4.54. The molecule has 100 valence electrons. The van der Waals surface area contributed by atoms with Crippen LogP contribution in [-0.4, -0.2) is 5.11 Å². The Morgan fingerprint density at radius 2 is 1.83 bits per heavy atom. The molecule has 1 unspecified atom stereocenters. The first kappa shape index (κ1) is 13.6. The van der Waals surface area contributed by atoms with E-state index in [2.05, 4.69) is 45.9 Å². The largest absolute Gasteiger partial charge is 0.389 e. The fourth-order valence-electron chi connectivity index (χ4n) is 3.56. The highest BCUT2D eigenvalue weighted by Crippen LogP contribution is 2.44. The average molecular weight is 246 g/mol. The molecule has 1 aliphatic rings. The molecule has 1 atom stereocenters. The molecule has 0 aromatic heterocycles. The van der Waals surface area contributed by atoms with Gasteiger partial charge in [0.2, 0.25) is 0 Å². The maximum atomic E-state index is 9.77. The van der Waals surface area contributed by atoms with E-state index in [1.807, 2.05) is 6.92 Å². The van der Waals surface area contributed by atoms with Crippen LogP contribution in [0.4, 0.5) is 0 Å². The summed E-state index contributed by atoms with van der Waals surface area (Å²) in [7, 11) is 0. The zero-order chi connectivity index (χ0) is 13.6. The molecule has 0 radical (unpaired) electrons. The van der Waals surface area contributed by atoms with Crippen LogP contribution in [-0.2, 0) is 11.8 Å². The molecule has 18 heavy (non-hydrogen) atoms. The Bertz CT molecular complexity index is 441. The van der Waals surface area contributed by atoms with Gasteiger partial charge in [-0.15, -0.1) is 0 Å². The van der Waals surface area contributed by atoms with Gasteiger partial charge < -0.3 is 5.11 Å². The summed E-state index contributed by atoms with van der Waals surface area (Å²) in [6.07, 6.45) is 3.24. The lowest BCUT2D eigenvalue weighted by Gasteiger charge is -2.33. The average Bonchev–Trinajstić information content (AvgIpc) is 2.32. The molecular formula is C17H26O. The van der Waals surface area contributed by atoms with E-state index >= 15 is 0 Å². The highest BCUT2D eigenvalue weighted by atomic mass is 16.3. The van der Waals surface area contributed by atoms with Gasteiger partial charge in [-0.25, -0.2) is 0 Å². The van der Waals surface area contributed by atoms with Gasteiger partial charge in [-0.2, -0.15) is 0 Å². The predicted molar refractivity (Wildman–Crippen MR) is 76.8 cm³/mol. The molecule has 1 N–H and O–H groups in total. The van der Waals surface area contributed by atoms with E-state index in [9.17, 15) is 5.11 Å². The van der Waals surface area contributed by atoms with Crippen LogP contribution in [0.2, 0.25) is 0 Å². The lowest BCUT2D eigenvalue weighted by atomic mass is 9.72. The van der Waals surface area contributed by atoms with Crippen molar-refractivity contribution in [2.45, 2.75) is 65.4 Å². The maximum Gasteiger partial charge on any atom is 0.0762 e. The lowest BCUT2D eigenvalue weighted by molar-refractivity contribution is 0.199. The minimum atomic E-state index is -0.373. The van der Waals surface area contributed by atoms with Gasteiger partial charge in [0.15, 0.2) is 0 Å². The first-order chi connectivity index (χ1) is 8.21. The summed E-state index contributed by atoms with van der Waals surface area (Å²) < 4.78 is 0. The Kier molecular flexibility index (Phi) is 3.31. The summed E-state index contributed by atoms with van der Waals surface area (Å²) in [5, 5.41) is 9.77. The van der Waals surface area contributed by atoms with Gasteiger partial charge in [0.1, 0.15) is 0 Å². The molecule has 0 saturated heterocycles. The van der Waals surface area contributed by atoms with Gasteiger partial charge in [0.05, 0.1) is 6.10 Å². The van der Waals surface area contributed by atoms with Crippen LogP contribution in [0.15, 0.2) is 18.2 Å². The van der Waals surface area contributed by atoms with Crippen molar-refractivity contribution in [2.24, 2.45) is 5.41 Å². The van der Waals surface area contributed by atoms with Crippen molar-refractivity contribution in [3.05, 3.63) is 34.9 Å². The zero-order valence-corrected chi connectivity index (χ0v) is 12.4. The van der Waals surface area contributed by atoms with Crippen molar-refractivity contribution in [3.8, 4) is 0 Å². The van der Waals surface area contributed by atoms with Gasteiger partial charge >= 0.3 is 0 Å². The quantitative estimate of drug-likeness (QED) is 0.729. The van der Waals surface area contributed by atoms with Crippen molar-refractivity contribution in [1.29, 1.82) is 0 Å². The molecule has 0 fully saturated rings. The van der Waals surface area contributed by atoms with Gasteiger partial charge in [-0.05, 0) is 53.7 Å². The van der Waals surface area contributed by atoms with Crippen LogP contribution in [0, 0.1) is 5.41 Å². The Balaban J connectivity index is 2.49. The van der Waals surface area contributed by atoms with E-state index in [0.717, 1.165) is 12.0 Å². The van der Waals surface area contributed by atoms with Gasteiger partial charge in [-0.3, -0.25) is 0 Å². The molecule has 2 rings (SSSR count). The summed E-state index contributed by atoms with van der Waals surface area (Å²) in [5.74, 6) is 0. The highest BCUT2D eigenvalue weighted by Gasteiger charge is 2.34. The summed E-state index contributed by atoms with van der Waals surface area (Å²) in [4.78, 5) is 0. The summed E-state index contributed by atoms with van der Waals surface area (Å²) in [6, 6.07) is 6.53. The Morgan fingerprint density at radius 3 is 2.44 bits per heavy atom. The molecule has 0 heterocycles. The first-order valence-corrected chi connectivity index (χ1v) is 7.03. The number of hydrogen-bond acceptors (Lipinski definition) is 1. The normalized spacial score (nSPS) is 23.0. The number of aliphatic hydroxyl groups excluding tert-OH is 1. The Labute approximate surface area is 111 Å². The maximum absolute atomic E-state index is 9.77. The second kappa shape index (κ2) is 4.38. The van der Waals surface area contributed by atoms with Crippen molar-refractivity contribution in [2.75, 3.05) is 0 Å². The van der Waals surface area contributed by atoms with Gasteiger partial charge in [-0.1, -0.05) is 45.9 Å². The third kappa shape index (κ3) is 2.61. The van der Waals surface area contributed by atoms with Crippen molar-refractivity contribution < 1.29 is 5.11 Å². The van der Waals surface area contributed by atoms with Crippen molar-refractivity contribution in [3.63, 3.8) is 0 Å². The van der Waals surface area contributed by atoms with Crippen LogP contribution < -0.4 is 0 Å². The van der Waals surface area contributed by atoms with E-state index in [-0.39, 0.29) is 11.5 Å². The summed E-state index contributed by atoms with van der Waals surface area (Å²) in [6.45, 7) is 11.3. The first-order valence-electron chi connectivity index (χ1n) is 7.03. The molecule has 0 bridgehead atoms. The topological polar surface area (TPSA) is 20.2 Å². The molecule has 1 nitrogen and oxygen atoms in total. The van der Waals surface area contributed by atoms with E-state index in [0.29, 0.717) is 5.41 Å². The molecule has 0 saturated carbocycles. The van der Waals surface area contributed by atoms with Gasteiger partial charge in [0, 0.05) is 0 Å². The van der Waals surface area contributed by atoms with Crippen LogP contribution in [0.1, 0.15) is 70.3 Å². The van der Waals surface area contributed by atoms with E-state index in [4.69, 9.17) is 0 Å². The number of aryl methyl sites for hydroxylation is 1.